The quantitative estimate of drug-likeness (QED) is 0.651. The van der Waals surface area contributed by atoms with Crippen LogP contribution in [-0.2, 0) is 6.42 Å². The molecule has 1 unspecified atom stereocenters. The van der Waals surface area contributed by atoms with Gasteiger partial charge in [0.1, 0.15) is 0 Å². The summed E-state index contributed by atoms with van der Waals surface area (Å²) in [5.41, 5.74) is 5.88. The molecule has 2 rings (SSSR count). The summed E-state index contributed by atoms with van der Waals surface area (Å²) in [4.78, 5) is 14.6. The lowest BCUT2D eigenvalue weighted by Gasteiger charge is -2.04. The van der Waals surface area contributed by atoms with E-state index in [4.69, 9.17) is 15.0 Å². The van der Waals surface area contributed by atoms with Gasteiger partial charge in [-0.1, -0.05) is 11.2 Å². The maximum atomic E-state index is 11.0. The van der Waals surface area contributed by atoms with Crippen molar-refractivity contribution >= 4 is 5.69 Å². The smallest absolute Gasteiger partial charge is 0.311 e. The van der Waals surface area contributed by atoms with Gasteiger partial charge in [-0.2, -0.15) is 4.98 Å². The Kier molecular flexibility index (Phi) is 3.94. The average Bonchev–Trinajstić information content (AvgIpc) is 2.85. The standard InChI is InChI=1S/C12H14N4O4/c1-7(13)6-10-14-12(20-15-10)8-4-3-5-9(16(17)18)11(8)19-2/h3-5,7H,6,13H2,1-2H3. The van der Waals surface area contributed by atoms with Crippen LogP contribution in [0.3, 0.4) is 0 Å². The summed E-state index contributed by atoms with van der Waals surface area (Å²) in [6.45, 7) is 1.82. The fourth-order valence-electron chi connectivity index (χ4n) is 1.79. The molecule has 1 heterocycles. The van der Waals surface area contributed by atoms with E-state index >= 15 is 0 Å². The third-order valence-electron chi connectivity index (χ3n) is 2.60. The summed E-state index contributed by atoms with van der Waals surface area (Å²) in [6.07, 6.45) is 0.459. The van der Waals surface area contributed by atoms with Crippen LogP contribution in [0, 0.1) is 10.1 Å². The number of rotatable bonds is 5. The molecule has 0 aliphatic heterocycles. The summed E-state index contributed by atoms with van der Waals surface area (Å²) < 4.78 is 10.2. The van der Waals surface area contributed by atoms with Crippen molar-refractivity contribution in [1.82, 2.24) is 10.1 Å². The van der Waals surface area contributed by atoms with Crippen LogP contribution in [0.15, 0.2) is 22.7 Å². The summed E-state index contributed by atoms with van der Waals surface area (Å²) >= 11 is 0. The molecule has 0 aliphatic carbocycles. The van der Waals surface area contributed by atoms with E-state index in [2.05, 4.69) is 10.1 Å². The van der Waals surface area contributed by atoms with Gasteiger partial charge in [-0.3, -0.25) is 10.1 Å². The first-order valence-electron chi connectivity index (χ1n) is 5.93. The number of nitro groups is 1. The summed E-state index contributed by atoms with van der Waals surface area (Å²) in [5, 5.41) is 14.7. The number of methoxy groups -OCH3 is 1. The van der Waals surface area contributed by atoms with E-state index in [0.717, 1.165) is 0 Å². The largest absolute Gasteiger partial charge is 0.490 e. The Morgan fingerprint density at radius 3 is 2.90 bits per heavy atom. The fraction of sp³-hybridized carbons (Fsp3) is 0.333. The number of aromatic nitrogens is 2. The Labute approximate surface area is 114 Å². The van der Waals surface area contributed by atoms with Crippen molar-refractivity contribution < 1.29 is 14.2 Å². The van der Waals surface area contributed by atoms with E-state index in [9.17, 15) is 10.1 Å². The minimum atomic E-state index is -0.526. The molecule has 106 valence electrons. The maximum Gasteiger partial charge on any atom is 0.311 e. The van der Waals surface area contributed by atoms with Crippen LogP contribution in [0.5, 0.6) is 5.75 Å². The van der Waals surface area contributed by atoms with Gasteiger partial charge >= 0.3 is 5.69 Å². The van der Waals surface area contributed by atoms with Crippen molar-refractivity contribution in [2.45, 2.75) is 19.4 Å². The highest BCUT2D eigenvalue weighted by Crippen LogP contribution is 2.36. The second kappa shape index (κ2) is 5.66. The Hall–Kier alpha value is -2.48. The minimum Gasteiger partial charge on any atom is -0.490 e. The Balaban J connectivity index is 2.44. The number of benzene rings is 1. The number of para-hydroxylation sites is 1. The van der Waals surface area contributed by atoms with E-state index in [1.54, 1.807) is 6.07 Å². The van der Waals surface area contributed by atoms with E-state index in [-0.39, 0.29) is 23.4 Å². The SMILES string of the molecule is COc1c(-c2nc(CC(C)N)no2)cccc1[N+](=O)[O-]. The molecule has 0 aliphatic rings. The van der Waals surface area contributed by atoms with E-state index in [0.29, 0.717) is 17.8 Å². The van der Waals surface area contributed by atoms with E-state index < -0.39 is 4.92 Å². The molecule has 0 saturated heterocycles. The first-order chi connectivity index (χ1) is 9.52. The van der Waals surface area contributed by atoms with Gasteiger partial charge < -0.3 is 15.0 Å². The Morgan fingerprint density at radius 2 is 2.30 bits per heavy atom. The molecule has 0 fully saturated rings. The molecule has 8 heteroatoms. The summed E-state index contributed by atoms with van der Waals surface area (Å²) in [7, 11) is 1.35. The molecular weight excluding hydrogens is 264 g/mol. The highest BCUT2D eigenvalue weighted by Gasteiger charge is 2.22. The van der Waals surface area contributed by atoms with Crippen LogP contribution in [0.1, 0.15) is 12.7 Å². The molecule has 0 amide bonds. The molecule has 0 radical (unpaired) electrons. The lowest BCUT2D eigenvalue weighted by Crippen LogP contribution is -2.18. The predicted octanol–water partition coefficient (Wildman–Crippen LogP) is 1.54. The lowest BCUT2D eigenvalue weighted by atomic mass is 10.1. The number of nitro benzene ring substituents is 1. The monoisotopic (exact) mass is 278 g/mol. The first kappa shape index (κ1) is 13.9. The van der Waals surface area contributed by atoms with Gasteiger partial charge in [-0.25, -0.2) is 0 Å². The van der Waals surface area contributed by atoms with Crippen molar-refractivity contribution in [3.8, 4) is 17.2 Å². The van der Waals surface area contributed by atoms with Gasteiger partial charge in [0.05, 0.1) is 17.6 Å². The average molecular weight is 278 g/mol. The molecule has 0 saturated carbocycles. The third kappa shape index (κ3) is 2.75. The number of hydrogen-bond acceptors (Lipinski definition) is 7. The molecule has 0 bridgehead atoms. The van der Waals surface area contributed by atoms with Gasteiger partial charge in [0.25, 0.3) is 5.89 Å². The third-order valence-corrected chi connectivity index (χ3v) is 2.60. The Bertz CT molecular complexity index is 624. The Morgan fingerprint density at radius 1 is 1.55 bits per heavy atom. The topological polar surface area (TPSA) is 117 Å². The summed E-state index contributed by atoms with van der Waals surface area (Å²) in [6, 6.07) is 4.40. The second-order valence-corrected chi connectivity index (χ2v) is 4.31. The number of ether oxygens (including phenoxy) is 1. The van der Waals surface area contributed by atoms with E-state index in [1.165, 1.54) is 19.2 Å². The number of nitrogens with two attached hydrogens (primary N) is 1. The highest BCUT2D eigenvalue weighted by molar-refractivity contribution is 5.69. The second-order valence-electron chi connectivity index (χ2n) is 4.31. The molecule has 1 aromatic heterocycles. The van der Waals surface area contributed by atoms with Crippen molar-refractivity contribution in [1.29, 1.82) is 0 Å². The van der Waals surface area contributed by atoms with Crippen LogP contribution in [-0.4, -0.2) is 28.2 Å². The molecule has 1 aromatic carbocycles. The number of nitrogens with zero attached hydrogens (tertiary/aromatic N) is 3. The first-order valence-corrected chi connectivity index (χ1v) is 5.93. The van der Waals surface area contributed by atoms with E-state index in [1.807, 2.05) is 6.92 Å². The minimum absolute atomic E-state index is 0.0912. The van der Waals surface area contributed by atoms with Crippen LogP contribution in [0.4, 0.5) is 5.69 Å². The van der Waals surface area contributed by atoms with Crippen molar-refractivity contribution in [3.05, 3.63) is 34.1 Å². The molecule has 20 heavy (non-hydrogen) atoms. The zero-order chi connectivity index (χ0) is 14.7. The van der Waals surface area contributed by atoms with Crippen molar-refractivity contribution in [2.24, 2.45) is 5.73 Å². The van der Waals surface area contributed by atoms with Gasteiger partial charge in [0.2, 0.25) is 5.75 Å². The van der Waals surface area contributed by atoms with Crippen molar-refractivity contribution in [3.63, 3.8) is 0 Å². The molecule has 1 atom stereocenters. The summed E-state index contributed by atoms with van der Waals surface area (Å²) in [5.74, 6) is 0.707. The van der Waals surface area contributed by atoms with Crippen LogP contribution >= 0.6 is 0 Å². The number of hydrogen-bond donors (Lipinski definition) is 1. The van der Waals surface area contributed by atoms with Gasteiger partial charge in [0.15, 0.2) is 5.82 Å². The van der Waals surface area contributed by atoms with Gasteiger partial charge in [0, 0.05) is 18.5 Å². The molecule has 2 N–H and O–H groups in total. The molecule has 2 aromatic rings. The van der Waals surface area contributed by atoms with Crippen LogP contribution < -0.4 is 10.5 Å². The zero-order valence-corrected chi connectivity index (χ0v) is 11.1. The molecule has 8 nitrogen and oxygen atoms in total. The zero-order valence-electron chi connectivity index (χ0n) is 11.1. The van der Waals surface area contributed by atoms with Crippen LogP contribution in [0.2, 0.25) is 0 Å². The normalized spacial score (nSPS) is 12.2. The van der Waals surface area contributed by atoms with Gasteiger partial charge in [-0.15, -0.1) is 0 Å². The van der Waals surface area contributed by atoms with Gasteiger partial charge in [-0.05, 0) is 13.0 Å². The predicted molar refractivity (Wildman–Crippen MR) is 70.3 cm³/mol. The fourth-order valence-corrected chi connectivity index (χ4v) is 1.79. The maximum absolute atomic E-state index is 11.0. The van der Waals surface area contributed by atoms with Crippen LogP contribution in [0.25, 0.3) is 11.5 Å². The molecular formula is C12H14N4O4. The highest BCUT2D eigenvalue weighted by atomic mass is 16.6. The molecule has 0 spiro atoms. The lowest BCUT2D eigenvalue weighted by molar-refractivity contribution is -0.385. The van der Waals surface area contributed by atoms with Crippen molar-refractivity contribution in [2.75, 3.05) is 7.11 Å².